The van der Waals surface area contributed by atoms with E-state index in [2.05, 4.69) is 4.90 Å². The number of fused-ring (bicyclic) bond motifs is 1. The fourth-order valence-corrected chi connectivity index (χ4v) is 4.33. The van der Waals surface area contributed by atoms with Gasteiger partial charge in [0, 0.05) is 13.1 Å². The van der Waals surface area contributed by atoms with Crippen molar-refractivity contribution in [1.29, 1.82) is 0 Å². The van der Waals surface area contributed by atoms with Crippen LogP contribution in [0.2, 0.25) is 5.02 Å². The molecule has 0 aliphatic heterocycles. The summed E-state index contributed by atoms with van der Waals surface area (Å²) in [6.45, 7) is 5.90. The van der Waals surface area contributed by atoms with Gasteiger partial charge in [-0.05, 0) is 57.3 Å². The Bertz CT molecular complexity index is 947. The number of halogens is 1. The summed E-state index contributed by atoms with van der Waals surface area (Å²) < 4.78 is 6.40. The number of benzene rings is 2. The van der Waals surface area contributed by atoms with Gasteiger partial charge in [-0.15, -0.1) is 0 Å². The third kappa shape index (κ3) is 5.26. The van der Waals surface area contributed by atoms with Crippen molar-refractivity contribution in [3.8, 4) is 5.75 Å². The zero-order valence-electron chi connectivity index (χ0n) is 17.2. The van der Waals surface area contributed by atoms with Crippen molar-refractivity contribution in [3.05, 3.63) is 52.5 Å². The van der Waals surface area contributed by atoms with E-state index in [9.17, 15) is 4.79 Å². The van der Waals surface area contributed by atoms with Gasteiger partial charge in [-0.25, -0.2) is 4.98 Å². The Labute approximate surface area is 180 Å². The predicted octanol–water partition coefficient (Wildman–Crippen LogP) is 4.79. The molecule has 3 rings (SSSR count). The highest BCUT2D eigenvalue weighted by atomic mass is 35.5. The SMILES string of the molecule is CCOc1ccc(CC(=O)N(CCN(C)C)c2nc3c(C)ccc(Cl)c3s2)cc1. The smallest absolute Gasteiger partial charge is 0.233 e. The number of carbonyl (C=O) groups is 1. The maximum absolute atomic E-state index is 13.2. The van der Waals surface area contributed by atoms with Gasteiger partial charge in [0.15, 0.2) is 5.13 Å². The molecular formula is C22H26ClN3O2S. The summed E-state index contributed by atoms with van der Waals surface area (Å²) in [7, 11) is 3.99. The van der Waals surface area contributed by atoms with Crippen LogP contribution in [-0.4, -0.2) is 49.6 Å². The molecule has 0 unspecified atom stereocenters. The number of thiazole rings is 1. The van der Waals surface area contributed by atoms with Crippen LogP contribution in [0.15, 0.2) is 36.4 Å². The first-order valence-corrected chi connectivity index (χ1v) is 10.8. The highest BCUT2D eigenvalue weighted by Crippen LogP contribution is 2.35. The van der Waals surface area contributed by atoms with E-state index in [0.717, 1.165) is 33.6 Å². The topological polar surface area (TPSA) is 45.7 Å². The van der Waals surface area contributed by atoms with Gasteiger partial charge in [0.2, 0.25) is 5.91 Å². The minimum atomic E-state index is 0.0174. The lowest BCUT2D eigenvalue weighted by molar-refractivity contribution is -0.118. The van der Waals surface area contributed by atoms with Gasteiger partial charge in [0.1, 0.15) is 5.75 Å². The summed E-state index contributed by atoms with van der Waals surface area (Å²) in [5, 5.41) is 1.36. The summed E-state index contributed by atoms with van der Waals surface area (Å²) in [5.74, 6) is 0.827. The quantitative estimate of drug-likeness (QED) is 0.514. The fraction of sp³-hybridized carbons (Fsp3) is 0.364. The minimum Gasteiger partial charge on any atom is -0.494 e. The lowest BCUT2D eigenvalue weighted by atomic mass is 10.1. The number of likely N-dealkylation sites (N-methyl/N-ethyl adjacent to an activating group) is 1. The van der Waals surface area contributed by atoms with Crippen molar-refractivity contribution in [1.82, 2.24) is 9.88 Å². The average molecular weight is 432 g/mol. The maximum atomic E-state index is 13.2. The van der Waals surface area contributed by atoms with E-state index in [4.69, 9.17) is 21.3 Å². The van der Waals surface area contributed by atoms with Gasteiger partial charge >= 0.3 is 0 Å². The molecule has 0 saturated heterocycles. The van der Waals surface area contributed by atoms with Gasteiger partial charge in [-0.1, -0.05) is 41.1 Å². The zero-order valence-corrected chi connectivity index (χ0v) is 18.8. The molecule has 0 aliphatic rings. The van der Waals surface area contributed by atoms with Crippen molar-refractivity contribution in [2.45, 2.75) is 20.3 Å². The highest BCUT2D eigenvalue weighted by molar-refractivity contribution is 7.23. The van der Waals surface area contributed by atoms with Crippen LogP contribution in [0.5, 0.6) is 5.75 Å². The van der Waals surface area contributed by atoms with Crippen LogP contribution >= 0.6 is 22.9 Å². The number of aromatic nitrogens is 1. The second-order valence-electron chi connectivity index (χ2n) is 7.14. The summed E-state index contributed by atoms with van der Waals surface area (Å²) >= 11 is 7.84. The van der Waals surface area contributed by atoms with Crippen LogP contribution in [0.25, 0.3) is 10.2 Å². The van der Waals surface area contributed by atoms with Gasteiger partial charge < -0.3 is 9.64 Å². The molecule has 1 amide bonds. The molecule has 0 atom stereocenters. The number of nitrogens with zero attached hydrogens (tertiary/aromatic N) is 3. The van der Waals surface area contributed by atoms with E-state index in [1.165, 1.54) is 11.3 Å². The van der Waals surface area contributed by atoms with Gasteiger partial charge in [0.25, 0.3) is 0 Å². The summed E-state index contributed by atoms with van der Waals surface area (Å²) in [6.07, 6.45) is 0.308. The van der Waals surface area contributed by atoms with Crippen LogP contribution in [0.3, 0.4) is 0 Å². The van der Waals surface area contributed by atoms with Crippen LogP contribution in [0.1, 0.15) is 18.1 Å². The first-order chi connectivity index (χ1) is 13.9. The third-order valence-corrected chi connectivity index (χ3v) is 6.12. The Morgan fingerprint density at radius 3 is 2.48 bits per heavy atom. The molecule has 1 aromatic heterocycles. The monoisotopic (exact) mass is 431 g/mol. The van der Waals surface area contributed by atoms with Crippen molar-refractivity contribution >= 4 is 44.2 Å². The number of hydrogen-bond donors (Lipinski definition) is 0. The van der Waals surface area contributed by atoms with E-state index >= 15 is 0 Å². The van der Waals surface area contributed by atoms with Crippen molar-refractivity contribution in [3.63, 3.8) is 0 Å². The molecule has 5 nitrogen and oxygen atoms in total. The number of carbonyl (C=O) groups excluding carboxylic acids is 1. The normalized spacial score (nSPS) is 11.2. The van der Waals surface area contributed by atoms with E-state index < -0.39 is 0 Å². The van der Waals surface area contributed by atoms with Crippen LogP contribution in [0, 0.1) is 6.92 Å². The van der Waals surface area contributed by atoms with Crippen LogP contribution in [0.4, 0.5) is 5.13 Å². The van der Waals surface area contributed by atoms with E-state index in [0.29, 0.717) is 29.7 Å². The Morgan fingerprint density at radius 2 is 1.86 bits per heavy atom. The predicted molar refractivity (Wildman–Crippen MR) is 122 cm³/mol. The lowest BCUT2D eigenvalue weighted by Gasteiger charge is -2.22. The highest BCUT2D eigenvalue weighted by Gasteiger charge is 2.21. The Hall–Kier alpha value is -2.15. The van der Waals surface area contributed by atoms with E-state index in [1.54, 1.807) is 4.90 Å². The number of aryl methyl sites for hydroxylation is 1. The van der Waals surface area contributed by atoms with Crippen LogP contribution in [-0.2, 0) is 11.2 Å². The summed E-state index contributed by atoms with van der Waals surface area (Å²) in [4.78, 5) is 21.8. The third-order valence-electron chi connectivity index (χ3n) is 4.58. The molecule has 0 fully saturated rings. The Balaban J connectivity index is 1.87. The molecule has 29 heavy (non-hydrogen) atoms. The molecule has 0 saturated carbocycles. The fourth-order valence-electron chi connectivity index (χ4n) is 2.97. The second kappa shape index (κ2) is 9.57. The molecule has 2 aromatic carbocycles. The second-order valence-corrected chi connectivity index (χ2v) is 8.53. The minimum absolute atomic E-state index is 0.0174. The summed E-state index contributed by atoms with van der Waals surface area (Å²) in [6, 6.07) is 11.5. The number of ether oxygens (including phenoxy) is 1. The first kappa shape index (κ1) is 21.6. The largest absolute Gasteiger partial charge is 0.494 e. The molecule has 7 heteroatoms. The van der Waals surface area contributed by atoms with E-state index in [-0.39, 0.29) is 5.91 Å². The molecule has 154 valence electrons. The Kier molecular flexibility index (Phi) is 7.11. The molecule has 0 N–H and O–H groups in total. The lowest BCUT2D eigenvalue weighted by Crippen LogP contribution is -2.37. The summed E-state index contributed by atoms with van der Waals surface area (Å²) in [5.41, 5.74) is 2.86. The number of anilines is 1. The molecule has 1 heterocycles. The number of amides is 1. The average Bonchev–Trinajstić information content (AvgIpc) is 3.13. The van der Waals surface area contributed by atoms with Crippen molar-refractivity contribution < 1.29 is 9.53 Å². The molecular weight excluding hydrogens is 406 g/mol. The molecule has 0 radical (unpaired) electrons. The molecule has 3 aromatic rings. The van der Waals surface area contributed by atoms with Crippen molar-refractivity contribution in [2.75, 3.05) is 38.7 Å². The van der Waals surface area contributed by atoms with Gasteiger partial charge in [0.05, 0.1) is 28.3 Å². The standard InChI is InChI=1S/C22H26ClN3O2S/c1-5-28-17-9-7-16(8-10-17)14-19(27)26(13-12-25(3)4)22-24-20-15(2)6-11-18(23)21(20)29-22/h6-11H,5,12-14H2,1-4H3. The zero-order chi connectivity index (χ0) is 21.0. The van der Waals surface area contributed by atoms with E-state index in [1.807, 2.05) is 64.3 Å². The van der Waals surface area contributed by atoms with Gasteiger partial charge in [-0.2, -0.15) is 0 Å². The first-order valence-electron chi connectivity index (χ1n) is 9.61. The number of rotatable bonds is 8. The van der Waals surface area contributed by atoms with Crippen molar-refractivity contribution in [2.24, 2.45) is 0 Å². The number of hydrogen-bond acceptors (Lipinski definition) is 5. The Morgan fingerprint density at radius 1 is 1.14 bits per heavy atom. The molecule has 0 bridgehead atoms. The molecule has 0 aliphatic carbocycles. The molecule has 0 spiro atoms. The maximum Gasteiger partial charge on any atom is 0.233 e. The van der Waals surface area contributed by atoms with Gasteiger partial charge in [-0.3, -0.25) is 9.69 Å². The van der Waals surface area contributed by atoms with Crippen LogP contribution < -0.4 is 9.64 Å².